The lowest BCUT2D eigenvalue weighted by Crippen LogP contribution is -2.40. The molecule has 6 nitrogen and oxygen atoms in total. The Morgan fingerprint density at radius 2 is 2.32 bits per heavy atom. The molecule has 2 aromatic heterocycles. The summed E-state index contributed by atoms with van der Waals surface area (Å²) in [6.45, 7) is 2.59. The second-order valence-corrected chi connectivity index (χ2v) is 8.09. The van der Waals surface area contributed by atoms with Crippen molar-refractivity contribution in [1.29, 1.82) is 0 Å². The number of nitrogens with zero attached hydrogens (tertiary/aromatic N) is 4. The molecule has 0 saturated carbocycles. The summed E-state index contributed by atoms with van der Waals surface area (Å²) in [5.41, 5.74) is 1.49. The lowest BCUT2D eigenvalue weighted by Gasteiger charge is -2.30. The third kappa shape index (κ3) is 2.24. The van der Waals surface area contributed by atoms with Gasteiger partial charge in [-0.25, -0.2) is 4.98 Å². The van der Waals surface area contributed by atoms with Gasteiger partial charge in [0.15, 0.2) is 0 Å². The Labute approximate surface area is 147 Å². The van der Waals surface area contributed by atoms with E-state index in [0.717, 1.165) is 43.7 Å². The highest BCUT2D eigenvalue weighted by Crippen LogP contribution is 2.55. The van der Waals surface area contributed by atoms with Crippen molar-refractivity contribution in [2.45, 2.75) is 24.5 Å². The van der Waals surface area contributed by atoms with Gasteiger partial charge in [-0.1, -0.05) is 0 Å². The van der Waals surface area contributed by atoms with Gasteiger partial charge in [-0.3, -0.25) is 4.79 Å². The maximum absolute atomic E-state index is 13.1. The maximum atomic E-state index is 13.1. The fourth-order valence-corrected chi connectivity index (χ4v) is 5.24. The molecule has 132 valence electrons. The van der Waals surface area contributed by atoms with Crippen molar-refractivity contribution in [3.05, 3.63) is 36.3 Å². The van der Waals surface area contributed by atoms with Gasteiger partial charge in [0.2, 0.25) is 0 Å². The van der Waals surface area contributed by atoms with E-state index in [1.165, 1.54) is 0 Å². The molecule has 6 heteroatoms. The first-order valence-electron chi connectivity index (χ1n) is 9.10. The average molecular weight is 340 g/mol. The molecule has 0 radical (unpaired) electrons. The molecule has 5 rings (SSSR count). The molecule has 2 bridgehead atoms. The van der Waals surface area contributed by atoms with Crippen molar-refractivity contribution in [2.75, 3.05) is 33.7 Å². The van der Waals surface area contributed by atoms with Gasteiger partial charge >= 0.3 is 0 Å². The van der Waals surface area contributed by atoms with Gasteiger partial charge in [0, 0.05) is 43.5 Å². The fraction of sp³-hybridized carbons (Fsp3) is 0.579. The van der Waals surface area contributed by atoms with E-state index in [-0.39, 0.29) is 11.5 Å². The zero-order chi connectivity index (χ0) is 17.2. The van der Waals surface area contributed by atoms with Gasteiger partial charge in [-0.2, -0.15) is 0 Å². The summed E-state index contributed by atoms with van der Waals surface area (Å²) in [5.74, 6) is 1.11. The van der Waals surface area contributed by atoms with E-state index in [1.54, 1.807) is 6.20 Å². The lowest BCUT2D eigenvalue weighted by molar-refractivity contribution is 0.00256. The Bertz CT molecular complexity index is 832. The van der Waals surface area contributed by atoms with Crippen LogP contribution in [0.2, 0.25) is 0 Å². The molecule has 2 aromatic rings. The summed E-state index contributed by atoms with van der Waals surface area (Å²) < 4.78 is 8.34. The molecule has 4 atom stereocenters. The Hall–Kier alpha value is -1.92. The van der Waals surface area contributed by atoms with Crippen LogP contribution in [0.25, 0.3) is 5.65 Å². The van der Waals surface area contributed by atoms with Gasteiger partial charge < -0.3 is 18.9 Å². The predicted molar refractivity (Wildman–Crippen MR) is 93.5 cm³/mol. The Morgan fingerprint density at radius 1 is 1.44 bits per heavy atom. The van der Waals surface area contributed by atoms with Gasteiger partial charge in [0.25, 0.3) is 5.91 Å². The van der Waals surface area contributed by atoms with E-state index in [4.69, 9.17) is 4.74 Å². The van der Waals surface area contributed by atoms with Gasteiger partial charge in [-0.15, -0.1) is 0 Å². The number of fused-ring (bicyclic) bond motifs is 2. The van der Waals surface area contributed by atoms with Gasteiger partial charge in [0.05, 0.1) is 23.8 Å². The number of ether oxygens (including phenoxy) is 1. The number of aromatic nitrogens is 2. The largest absolute Gasteiger partial charge is 0.369 e. The first kappa shape index (κ1) is 15.3. The zero-order valence-corrected chi connectivity index (χ0v) is 14.8. The van der Waals surface area contributed by atoms with Crippen LogP contribution < -0.4 is 0 Å². The second kappa shape index (κ2) is 5.29. The van der Waals surface area contributed by atoms with Crippen molar-refractivity contribution in [2.24, 2.45) is 11.8 Å². The van der Waals surface area contributed by atoms with Crippen LogP contribution in [0.3, 0.4) is 0 Å². The van der Waals surface area contributed by atoms with Gasteiger partial charge in [0.1, 0.15) is 5.65 Å². The molecule has 1 amide bonds. The number of hydrogen-bond acceptors (Lipinski definition) is 4. The third-order valence-corrected chi connectivity index (χ3v) is 6.28. The van der Waals surface area contributed by atoms with Crippen molar-refractivity contribution in [1.82, 2.24) is 19.2 Å². The van der Waals surface area contributed by atoms with Crippen molar-refractivity contribution < 1.29 is 9.53 Å². The van der Waals surface area contributed by atoms with Crippen LogP contribution in [-0.2, 0) is 4.74 Å². The van der Waals surface area contributed by atoms with E-state index in [1.807, 2.05) is 33.8 Å². The summed E-state index contributed by atoms with van der Waals surface area (Å²) in [6.07, 6.45) is 8.12. The number of imidazole rings is 1. The minimum atomic E-state index is -0.0971. The minimum Gasteiger partial charge on any atom is -0.369 e. The molecule has 3 fully saturated rings. The highest BCUT2D eigenvalue weighted by atomic mass is 16.5. The zero-order valence-electron chi connectivity index (χ0n) is 14.8. The molecular weight excluding hydrogens is 316 g/mol. The summed E-state index contributed by atoms with van der Waals surface area (Å²) in [7, 11) is 4.24. The highest BCUT2D eigenvalue weighted by Gasteiger charge is 2.63. The summed E-state index contributed by atoms with van der Waals surface area (Å²) in [5, 5.41) is 0. The van der Waals surface area contributed by atoms with E-state index in [9.17, 15) is 4.79 Å². The molecule has 0 N–H and O–H groups in total. The third-order valence-electron chi connectivity index (χ3n) is 6.28. The Kier molecular flexibility index (Phi) is 3.24. The quantitative estimate of drug-likeness (QED) is 0.850. The normalized spacial score (nSPS) is 33.6. The van der Waals surface area contributed by atoms with E-state index >= 15 is 0 Å². The molecule has 3 aliphatic rings. The van der Waals surface area contributed by atoms with Crippen LogP contribution >= 0.6 is 0 Å². The van der Waals surface area contributed by atoms with E-state index in [0.29, 0.717) is 17.9 Å². The molecule has 3 aliphatic heterocycles. The monoisotopic (exact) mass is 340 g/mol. The van der Waals surface area contributed by atoms with E-state index < -0.39 is 0 Å². The molecule has 25 heavy (non-hydrogen) atoms. The SMILES string of the molecule is CN(C)C[C@H]1[C@@H]2CC[C@@]3(CN(C(=O)c4ccc5nccn5c4)C[C@@H]13)O2. The van der Waals surface area contributed by atoms with Crippen LogP contribution in [-0.4, -0.2) is 70.5 Å². The fourth-order valence-electron chi connectivity index (χ4n) is 5.24. The summed E-state index contributed by atoms with van der Waals surface area (Å²) in [4.78, 5) is 21.6. The number of likely N-dealkylation sites (tertiary alicyclic amines) is 1. The van der Waals surface area contributed by atoms with Crippen molar-refractivity contribution >= 4 is 11.6 Å². The molecule has 5 heterocycles. The maximum Gasteiger partial charge on any atom is 0.255 e. The number of amides is 1. The Morgan fingerprint density at radius 3 is 3.16 bits per heavy atom. The molecule has 3 saturated heterocycles. The predicted octanol–water partition coefficient (Wildman–Crippen LogP) is 1.52. The van der Waals surface area contributed by atoms with Crippen LogP contribution in [0, 0.1) is 11.8 Å². The smallest absolute Gasteiger partial charge is 0.255 e. The van der Waals surface area contributed by atoms with Crippen LogP contribution in [0.4, 0.5) is 0 Å². The number of carbonyl (C=O) groups excluding carboxylic acids is 1. The summed E-state index contributed by atoms with van der Waals surface area (Å²) >= 11 is 0. The van der Waals surface area contributed by atoms with Gasteiger partial charge in [-0.05, 0) is 39.1 Å². The molecule has 0 aromatic carbocycles. The van der Waals surface area contributed by atoms with Crippen LogP contribution in [0.1, 0.15) is 23.2 Å². The molecule has 0 aliphatic carbocycles. The number of carbonyl (C=O) groups is 1. The number of rotatable bonds is 3. The number of pyridine rings is 1. The molecule has 1 spiro atoms. The average Bonchev–Trinajstić information content (AvgIpc) is 3.33. The topological polar surface area (TPSA) is 50.1 Å². The molecular formula is C19H24N4O2. The highest BCUT2D eigenvalue weighted by molar-refractivity contribution is 5.94. The Balaban J connectivity index is 1.40. The molecule has 0 unspecified atom stereocenters. The van der Waals surface area contributed by atoms with Crippen molar-refractivity contribution in [3.8, 4) is 0 Å². The summed E-state index contributed by atoms with van der Waals surface area (Å²) in [6, 6.07) is 3.78. The first-order chi connectivity index (χ1) is 12.1. The first-order valence-corrected chi connectivity index (χ1v) is 9.10. The standard InChI is InChI=1S/C19H24N4O2/c1-21(2)10-14-15-11-23(12-19(15)6-5-16(14)25-19)18(24)13-3-4-17-20-7-8-22(17)9-13/h3-4,7-9,14-16H,5-6,10-12H2,1-2H3/t14-,15+,16+,19+/m1/s1. The van der Waals surface area contributed by atoms with Crippen LogP contribution in [0.15, 0.2) is 30.7 Å². The van der Waals surface area contributed by atoms with Crippen LogP contribution in [0.5, 0.6) is 0 Å². The minimum absolute atomic E-state index is 0.0971. The van der Waals surface area contributed by atoms with E-state index in [2.05, 4.69) is 24.0 Å². The lowest BCUT2D eigenvalue weighted by atomic mass is 9.73. The van der Waals surface area contributed by atoms with Crippen molar-refractivity contribution in [3.63, 3.8) is 0 Å². The number of hydrogen-bond donors (Lipinski definition) is 0. The second-order valence-electron chi connectivity index (χ2n) is 8.09.